The van der Waals surface area contributed by atoms with E-state index in [1.165, 1.54) is 165 Å². The van der Waals surface area contributed by atoms with Gasteiger partial charge in [-0.05, 0) is 132 Å². The highest BCUT2D eigenvalue weighted by atomic mass is 32.1. The van der Waals surface area contributed by atoms with E-state index >= 15 is 0 Å². The average molecular weight is 928 g/mol. The first-order valence-electron chi connectivity index (χ1n) is 25.3. The van der Waals surface area contributed by atoms with Crippen molar-refractivity contribution in [2.75, 3.05) is 0 Å². The summed E-state index contributed by atoms with van der Waals surface area (Å²) in [5.74, 6) is 0. The van der Waals surface area contributed by atoms with E-state index in [4.69, 9.17) is 4.43 Å². The van der Waals surface area contributed by atoms with Gasteiger partial charge in [-0.3, -0.25) is 0 Å². The first kappa shape index (κ1) is 49.6. The number of aryl methyl sites for hydroxylation is 4. The van der Waals surface area contributed by atoms with Crippen molar-refractivity contribution in [3.63, 3.8) is 0 Å². The Morgan fingerprint density at radius 1 is 0.468 bits per heavy atom. The van der Waals surface area contributed by atoms with Gasteiger partial charge in [0, 0.05) is 55.0 Å². The molecule has 0 radical (unpaired) electrons. The second-order valence-electron chi connectivity index (χ2n) is 19.5. The number of unbranched alkanes of at least 4 members (excludes halogenated alkanes) is 12. The van der Waals surface area contributed by atoms with Crippen LogP contribution in [0.5, 0.6) is 0 Å². The topological polar surface area (TPSA) is 9.23 Å². The fourth-order valence-electron chi connectivity index (χ4n) is 10.9. The fraction of sp³-hybridized carbons (Fsp3) is 0.607. The Balaban J connectivity index is 1.43. The van der Waals surface area contributed by atoms with E-state index in [1.807, 2.05) is 11.3 Å². The van der Waals surface area contributed by atoms with E-state index in [9.17, 15) is 0 Å². The van der Waals surface area contributed by atoms with Crippen LogP contribution in [0.2, 0.25) is 16.6 Å². The summed E-state index contributed by atoms with van der Waals surface area (Å²) in [6, 6.07) is 10.1. The van der Waals surface area contributed by atoms with Crippen LogP contribution in [-0.4, -0.2) is 8.32 Å². The van der Waals surface area contributed by atoms with Crippen LogP contribution in [-0.2, 0) is 36.7 Å². The average Bonchev–Trinajstić information content (AvgIpc) is 4.07. The van der Waals surface area contributed by atoms with Crippen LogP contribution in [0, 0.1) is 0 Å². The largest absolute Gasteiger partial charge is 0.411 e. The Kier molecular flexibility index (Phi) is 19.3. The zero-order valence-electron chi connectivity index (χ0n) is 40.7. The van der Waals surface area contributed by atoms with Crippen LogP contribution in [0.1, 0.15) is 209 Å². The van der Waals surface area contributed by atoms with Gasteiger partial charge < -0.3 is 4.43 Å². The maximum atomic E-state index is 7.28. The lowest BCUT2D eigenvalue weighted by Gasteiger charge is -2.42. The minimum atomic E-state index is -1.98. The Labute approximate surface area is 395 Å². The van der Waals surface area contributed by atoms with Crippen molar-refractivity contribution in [1.29, 1.82) is 0 Å². The lowest BCUT2D eigenvalue weighted by atomic mass is 9.93. The molecular formula is C56H82OS4Si. The van der Waals surface area contributed by atoms with E-state index in [0.29, 0.717) is 16.6 Å². The van der Waals surface area contributed by atoms with Crippen molar-refractivity contribution in [1.82, 2.24) is 0 Å². The van der Waals surface area contributed by atoms with Gasteiger partial charge in [0.15, 0.2) is 0 Å². The molecule has 0 aliphatic rings. The summed E-state index contributed by atoms with van der Waals surface area (Å²) in [6.07, 6.45) is 30.8. The number of hydrogen-bond acceptors (Lipinski definition) is 5. The van der Waals surface area contributed by atoms with Crippen LogP contribution in [0.15, 0.2) is 29.6 Å². The van der Waals surface area contributed by atoms with Gasteiger partial charge >= 0.3 is 0 Å². The van der Waals surface area contributed by atoms with Gasteiger partial charge in [-0.15, -0.1) is 45.3 Å². The van der Waals surface area contributed by atoms with E-state index in [1.54, 1.807) is 41.1 Å². The van der Waals surface area contributed by atoms with E-state index < -0.39 is 8.32 Å². The van der Waals surface area contributed by atoms with Crippen molar-refractivity contribution in [3.8, 4) is 0 Å². The van der Waals surface area contributed by atoms with Crippen molar-refractivity contribution in [3.05, 3.63) is 66.5 Å². The summed E-state index contributed by atoms with van der Waals surface area (Å²) in [7, 11) is -1.98. The summed E-state index contributed by atoms with van der Waals surface area (Å²) in [5, 5.41) is 8.28. The molecule has 0 atom stereocenters. The maximum absolute atomic E-state index is 7.28. The third-order valence-electron chi connectivity index (χ3n) is 14.1. The zero-order valence-corrected chi connectivity index (χ0v) is 44.9. The van der Waals surface area contributed by atoms with Crippen LogP contribution < -0.4 is 0 Å². The lowest BCUT2D eigenvalue weighted by molar-refractivity contribution is 0.269. The molecule has 6 rings (SSSR count). The Hall–Kier alpha value is -1.80. The highest BCUT2D eigenvalue weighted by Gasteiger charge is 2.45. The molecule has 340 valence electrons. The standard InChI is InChI=1S/C56H82OS4Si/c1-11-15-19-23-27-45-46(28-24-20-16-12-2)54-50(49-33-34-58-53(45)49)35-42(59-54)31-32-43-36-51-52-37-44(38-57-62(39(5)6,40(7)8)41(9)10)61-56(52)48(30-26-22-18-14-4)47(55(51)60-43)29-25-21-17-13-3/h31-37,39-41H,11-30,38H2,1-10H3/b32-31+. The molecule has 0 saturated heterocycles. The third-order valence-corrected chi connectivity index (χ3v) is 24.6. The van der Waals surface area contributed by atoms with Gasteiger partial charge in [0.25, 0.3) is 0 Å². The maximum Gasteiger partial charge on any atom is 0.200 e. The van der Waals surface area contributed by atoms with Crippen molar-refractivity contribution in [2.24, 2.45) is 0 Å². The molecule has 0 fully saturated rings. The first-order chi connectivity index (χ1) is 30.1. The normalized spacial score (nSPS) is 12.9. The van der Waals surface area contributed by atoms with E-state index in [-0.39, 0.29) is 0 Å². The number of fused-ring (bicyclic) bond motifs is 6. The molecule has 0 aliphatic heterocycles. The number of hydrogen-bond donors (Lipinski definition) is 0. The molecule has 0 amide bonds. The fourth-order valence-corrected chi connectivity index (χ4v) is 21.0. The second-order valence-corrected chi connectivity index (χ2v) is 29.2. The number of rotatable bonds is 28. The van der Waals surface area contributed by atoms with E-state index in [0.717, 1.165) is 6.61 Å². The molecule has 2 aromatic carbocycles. The summed E-state index contributed by atoms with van der Waals surface area (Å²) in [6.45, 7) is 24.6. The summed E-state index contributed by atoms with van der Waals surface area (Å²) >= 11 is 8.17. The SMILES string of the molecule is CCCCCCc1c(CCCCCC)c2sc(/C=C/c3cc4c(s3)c(CCCCCC)c(CCCCCC)c3sc(CO[Si](C(C)C)(C(C)C)C(C)C)cc34)cc2c2ccsc12. The Morgan fingerprint density at radius 2 is 0.855 bits per heavy atom. The third kappa shape index (κ3) is 11.4. The second kappa shape index (κ2) is 24.1. The monoisotopic (exact) mass is 927 g/mol. The molecule has 1 nitrogen and oxygen atoms in total. The highest BCUT2D eigenvalue weighted by molar-refractivity contribution is 7.22. The molecular weight excluding hydrogens is 845 g/mol. The van der Waals surface area contributed by atoms with Crippen LogP contribution >= 0.6 is 45.3 Å². The molecule has 0 spiro atoms. The van der Waals surface area contributed by atoms with Gasteiger partial charge in [-0.1, -0.05) is 146 Å². The zero-order chi connectivity index (χ0) is 44.2. The lowest BCUT2D eigenvalue weighted by Crippen LogP contribution is -2.47. The molecule has 6 heteroatoms. The molecule has 0 bridgehead atoms. The van der Waals surface area contributed by atoms with Gasteiger partial charge in [-0.2, -0.15) is 0 Å². The van der Waals surface area contributed by atoms with Crippen molar-refractivity contribution >= 4 is 106 Å². The van der Waals surface area contributed by atoms with Crippen LogP contribution in [0.25, 0.3) is 52.5 Å². The molecule has 6 aromatic rings. The summed E-state index contributed by atoms with van der Waals surface area (Å²) in [5.41, 5.74) is 8.43. The summed E-state index contributed by atoms with van der Waals surface area (Å²) in [4.78, 5) is 4.21. The van der Waals surface area contributed by atoms with Gasteiger partial charge in [0.2, 0.25) is 8.32 Å². The predicted molar refractivity (Wildman–Crippen MR) is 291 cm³/mol. The highest BCUT2D eigenvalue weighted by Crippen LogP contribution is 2.47. The molecule has 0 unspecified atom stereocenters. The van der Waals surface area contributed by atoms with Crippen LogP contribution in [0.3, 0.4) is 0 Å². The minimum Gasteiger partial charge on any atom is -0.411 e. The molecule has 0 N–H and O–H groups in total. The van der Waals surface area contributed by atoms with Gasteiger partial charge in [0.05, 0.1) is 6.61 Å². The Bertz CT molecular complexity index is 2300. The predicted octanol–water partition coefficient (Wildman–Crippen LogP) is 20.9. The summed E-state index contributed by atoms with van der Waals surface area (Å²) < 4.78 is 13.5. The van der Waals surface area contributed by atoms with E-state index in [2.05, 4.69) is 145 Å². The van der Waals surface area contributed by atoms with Crippen LogP contribution in [0.4, 0.5) is 0 Å². The molecule has 0 saturated carbocycles. The van der Waals surface area contributed by atoms with Gasteiger partial charge in [0.1, 0.15) is 0 Å². The van der Waals surface area contributed by atoms with Gasteiger partial charge in [-0.25, -0.2) is 0 Å². The molecule has 62 heavy (non-hydrogen) atoms. The Morgan fingerprint density at radius 3 is 1.27 bits per heavy atom. The molecule has 0 aliphatic carbocycles. The smallest absolute Gasteiger partial charge is 0.200 e. The molecule has 4 heterocycles. The van der Waals surface area contributed by atoms with Crippen molar-refractivity contribution in [2.45, 2.75) is 221 Å². The number of benzene rings is 2. The molecule has 4 aromatic heterocycles. The van der Waals surface area contributed by atoms with Crippen molar-refractivity contribution < 1.29 is 4.43 Å². The quantitative estimate of drug-likeness (QED) is 0.0352. The number of thiophene rings is 4. The minimum absolute atomic E-state index is 0.589. The first-order valence-corrected chi connectivity index (χ1v) is 30.8.